The van der Waals surface area contributed by atoms with Crippen LogP contribution in [0.1, 0.15) is 20.3 Å². The van der Waals surface area contributed by atoms with E-state index in [1.54, 1.807) is 6.20 Å². The number of allylic oxidation sites excluding steroid dienone is 1. The zero-order valence-corrected chi connectivity index (χ0v) is 5.52. The highest BCUT2D eigenvalue weighted by molar-refractivity contribution is 4.81. The van der Waals surface area contributed by atoms with Crippen molar-refractivity contribution in [1.82, 2.24) is 5.43 Å². The highest BCUT2D eigenvalue weighted by Gasteiger charge is 1.87. The van der Waals surface area contributed by atoms with E-state index in [1.165, 1.54) is 0 Å². The molecule has 0 amide bonds. The second-order valence-electron chi connectivity index (χ2n) is 1.91. The fourth-order valence-corrected chi connectivity index (χ4v) is 0.356. The Morgan fingerprint density at radius 1 is 1.75 bits per heavy atom. The molecule has 0 aromatic heterocycles. The first kappa shape index (κ1) is 7.50. The molecule has 0 aliphatic rings. The monoisotopic (exact) mass is 114 g/mol. The summed E-state index contributed by atoms with van der Waals surface area (Å²) in [5.41, 5.74) is 2.45. The van der Waals surface area contributed by atoms with E-state index in [2.05, 4.69) is 19.3 Å². The van der Waals surface area contributed by atoms with Gasteiger partial charge in [0, 0.05) is 6.20 Å². The first-order chi connectivity index (χ1) is 3.81. The standard InChI is InChI=1S/C6H14N2/c1-3-6(2)4-5-8-7/h4-6,8H,3,7H2,1-2H3/b5-4-. The Balaban J connectivity index is 3.21. The normalized spacial score (nSPS) is 14.4. The summed E-state index contributed by atoms with van der Waals surface area (Å²) in [5.74, 6) is 5.63. The summed E-state index contributed by atoms with van der Waals surface area (Å²) in [4.78, 5) is 0. The molecular weight excluding hydrogens is 100 g/mol. The van der Waals surface area contributed by atoms with Gasteiger partial charge in [-0.05, 0) is 5.92 Å². The maximum absolute atomic E-state index is 4.99. The maximum atomic E-state index is 4.99. The van der Waals surface area contributed by atoms with Crippen molar-refractivity contribution in [3.8, 4) is 0 Å². The summed E-state index contributed by atoms with van der Waals surface area (Å²) >= 11 is 0. The van der Waals surface area contributed by atoms with Crippen molar-refractivity contribution in [3.05, 3.63) is 12.3 Å². The van der Waals surface area contributed by atoms with Crippen LogP contribution in [-0.4, -0.2) is 0 Å². The van der Waals surface area contributed by atoms with Crippen LogP contribution < -0.4 is 11.3 Å². The van der Waals surface area contributed by atoms with Gasteiger partial charge in [-0.3, -0.25) is 5.84 Å². The topological polar surface area (TPSA) is 38.0 Å². The first-order valence-electron chi connectivity index (χ1n) is 2.94. The Bertz CT molecular complexity index is 68.9. The van der Waals surface area contributed by atoms with Crippen molar-refractivity contribution in [1.29, 1.82) is 0 Å². The number of nitrogens with two attached hydrogens (primary N) is 1. The van der Waals surface area contributed by atoms with Gasteiger partial charge in [0.25, 0.3) is 0 Å². The quantitative estimate of drug-likeness (QED) is 0.424. The number of rotatable bonds is 3. The van der Waals surface area contributed by atoms with E-state index in [1.807, 2.05) is 6.08 Å². The van der Waals surface area contributed by atoms with E-state index in [-0.39, 0.29) is 0 Å². The molecule has 0 aromatic carbocycles. The van der Waals surface area contributed by atoms with E-state index in [9.17, 15) is 0 Å². The van der Waals surface area contributed by atoms with Crippen LogP contribution in [0.4, 0.5) is 0 Å². The summed E-state index contributed by atoms with van der Waals surface area (Å²) in [6.07, 6.45) is 4.96. The molecule has 0 aromatic rings. The minimum absolute atomic E-state index is 0.631. The Morgan fingerprint density at radius 2 is 2.38 bits per heavy atom. The molecule has 0 fully saturated rings. The zero-order valence-electron chi connectivity index (χ0n) is 5.52. The lowest BCUT2D eigenvalue weighted by Crippen LogP contribution is -2.13. The second-order valence-corrected chi connectivity index (χ2v) is 1.91. The second kappa shape index (κ2) is 4.65. The molecule has 3 N–H and O–H groups in total. The van der Waals surface area contributed by atoms with Crippen molar-refractivity contribution >= 4 is 0 Å². The number of hydrazine groups is 1. The van der Waals surface area contributed by atoms with Crippen LogP contribution in [0.2, 0.25) is 0 Å². The van der Waals surface area contributed by atoms with E-state index in [4.69, 9.17) is 5.84 Å². The van der Waals surface area contributed by atoms with Gasteiger partial charge in [-0.2, -0.15) is 0 Å². The lowest BCUT2D eigenvalue weighted by atomic mass is 10.1. The van der Waals surface area contributed by atoms with Crippen LogP contribution >= 0.6 is 0 Å². The predicted octanol–water partition coefficient (Wildman–Crippen LogP) is 1.01. The molecule has 2 nitrogen and oxygen atoms in total. The van der Waals surface area contributed by atoms with Crippen molar-refractivity contribution in [2.75, 3.05) is 0 Å². The van der Waals surface area contributed by atoms with E-state index < -0.39 is 0 Å². The van der Waals surface area contributed by atoms with Gasteiger partial charge in [0.15, 0.2) is 0 Å². The molecule has 2 heteroatoms. The molecular formula is C6H14N2. The van der Waals surface area contributed by atoms with Crippen molar-refractivity contribution in [3.63, 3.8) is 0 Å². The first-order valence-corrected chi connectivity index (χ1v) is 2.94. The third kappa shape index (κ3) is 3.68. The average molecular weight is 114 g/mol. The van der Waals surface area contributed by atoms with Gasteiger partial charge in [-0.25, -0.2) is 0 Å². The van der Waals surface area contributed by atoms with Crippen LogP contribution in [0.25, 0.3) is 0 Å². The fourth-order valence-electron chi connectivity index (χ4n) is 0.356. The summed E-state index contributed by atoms with van der Waals surface area (Å²) in [5, 5.41) is 0. The molecule has 0 aliphatic heterocycles. The molecule has 0 radical (unpaired) electrons. The lowest BCUT2D eigenvalue weighted by Gasteiger charge is -1.97. The van der Waals surface area contributed by atoms with Gasteiger partial charge < -0.3 is 5.43 Å². The number of hydrogen-bond acceptors (Lipinski definition) is 2. The lowest BCUT2D eigenvalue weighted by molar-refractivity contribution is 0.692. The average Bonchev–Trinajstić information content (AvgIpc) is 1.83. The van der Waals surface area contributed by atoms with Crippen molar-refractivity contribution < 1.29 is 0 Å². The van der Waals surface area contributed by atoms with Crippen LogP contribution in [0.3, 0.4) is 0 Å². The minimum atomic E-state index is 0.631. The SMILES string of the molecule is CCC(C)/C=C\NN. The Labute approximate surface area is 50.7 Å². The minimum Gasteiger partial charge on any atom is -0.332 e. The molecule has 0 aliphatic carbocycles. The molecule has 0 rings (SSSR count). The zero-order chi connectivity index (χ0) is 6.41. The fraction of sp³-hybridized carbons (Fsp3) is 0.667. The van der Waals surface area contributed by atoms with Crippen LogP contribution in [0, 0.1) is 5.92 Å². The van der Waals surface area contributed by atoms with Gasteiger partial charge in [0.2, 0.25) is 0 Å². The smallest absolute Gasteiger partial charge is 0.00853 e. The molecule has 48 valence electrons. The molecule has 0 saturated carbocycles. The van der Waals surface area contributed by atoms with Crippen LogP contribution in [0.15, 0.2) is 12.3 Å². The molecule has 0 bridgehead atoms. The van der Waals surface area contributed by atoms with Gasteiger partial charge in [-0.15, -0.1) is 0 Å². The Hall–Kier alpha value is -0.500. The highest BCUT2D eigenvalue weighted by Crippen LogP contribution is 1.99. The molecule has 0 saturated heterocycles. The maximum Gasteiger partial charge on any atom is 0.00853 e. The summed E-state index contributed by atoms with van der Waals surface area (Å²) in [6.45, 7) is 4.29. The van der Waals surface area contributed by atoms with E-state index >= 15 is 0 Å². The van der Waals surface area contributed by atoms with E-state index in [0.717, 1.165) is 6.42 Å². The third-order valence-electron chi connectivity index (χ3n) is 1.16. The molecule has 0 heterocycles. The largest absolute Gasteiger partial charge is 0.332 e. The Morgan fingerprint density at radius 3 is 2.75 bits per heavy atom. The van der Waals surface area contributed by atoms with Crippen molar-refractivity contribution in [2.45, 2.75) is 20.3 Å². The molecule has 1 unspecified atom stereocenters. The molecule has 1 atom stereocenters. The molecule has 0 spiro atoms. The number of hydrogen-bond donors (Lipinski definition) is 2. The summed E-state index contributed by atoms with van der Waals surface area (Å²) in [6, 6.07) is 0. The third-order valence-corrected chi connectivity index (χ3v) is 1.16. The Kier molecular flexibility index (Phi) is 4.36. The number of nitrogens with one attached hydrogen (secondary N) is 1. The van der Waals surface area contributed by atoms with Crippen LogP contribution in [-0.2, 0) is 0 Å². The summed E-state index contributed by atoms with van der Waals surface area (Å²) < 4.78 is 0. The predicted molar refractivity (Wildman–Crippen MR) is 35.9 cm³/mol. The molecule has 8 heavy (non-hydrogen) atoms. The van der Waals surface area contributed by atoms with Gasteiger partial charge in [-0.1, -0.05) is 26.3 Å². The highest BCUT2D eigenvalue weighted by atomic mass is 15.2. The van der Waals surface area contributed by atoms with Gasteiger partial charge >= 0.3 is 0 Å². The summed E-state index contributed by atoms with van der Waals surface area (Å²) in [7, 11) is 0. The van der Waals surface area contributed by atoms with Gasteiger partial charge in [0.1, 0.15) is 0 Å². The van der Waals surface area contributed by atoms with E-state index in [0.29, 0.717) is 5.92 Å². The van der Waals surface area contributed by atoms with Crippen molar-refractivity contribution in [2.24, 2.45) is 11.8 Å². The van der Waals surface area contributed by atoms with Gasteiger partial charge in [0.05, 0.1) is 0 Å². The van der Waals surface area contributed by atoms with Crippen LogP contribution in [0.5, 0.6) is 0 Å².